The molecule has 1 atom stereocenters. The third-order valence-corrected chi connectivity index (χ3v) is 4.20. The molecule has 0 amide bonds. The molecule has 0 saturated carbocycles. The van der Waals surface area contributed by atoms with Crippen molar-refractivity contribution >= 4 is 35.7 Å². The van der Waals surface area contributed by atoms with Gasteiger partial charge in [0.1, 0.15) is 0 Å². The van der Waals surface area contributed by atoms with Crippen LogP contribution in [0.25, 0.3) is 0 Å². The van der Waals surface area contributed by atoms with Crippen LogP contribution in [-0.2, 0) is 16.3 Å². The van der Waals surface area contributed by atoms with E-state index in [2.05, 4.69) is 4.52 Å². The average molecular weight is 199 g/mol. The van der Waals surface area contributed by atoms with Crippen molar-refractivity contribution in [3.05, 3.63) is 0 Å². The van der Waals surface area contributed by atoms with E-state index in [0.717, 1.165) is 0 Å². The van der Waals surface area contributed by atoms with Crippen LogP contribution in [0.1, 0.15) is 6.92 Å². The fourth-order valence-corrected chi connectivity index (χ4v) is 1.76. The smallest absolute Gasteiger partial charge is 0.287 e. The first-order valence-corrected chi connectivity index (χ1v) is 5.58. The third-order valence-electron chi connectivity index (χ3n) is 1.07. The molecule has 0 aromatic rings. The van der Waals surface area contributed by atoms with Gasteiger partial charge in [0.25, 0.3) is 6.64 Å². The molecule has 1 unspecified atom stereocenters. The Kier molecular flexibility index (Phi) is 3.91. The van der Waals surface area contributed by atoms with Crippen molar-refractivity contribution in [1.29, 1.82) is 0 Å². The van der Waals surface area contributed by atoms with Crippen LogP contribution < -0.4 is 0 Å². The normalized spacial score (nSPS) is 16.0. The lowest BCUT2D eigenvalue weighted by molar-refractivity contribution is 0.353. The van der Waals surface area contributed by atoms with Gasteiger partial charge in [-0.25, -0.2) is 0 Å². The van der Waals surface area contributed by atoms with Crippen LogP contribution in [0.3, 0.4) is 0 Å². The molecule has 6 heteroatoms. The Balaban J connectivity index is 4.33. The summed E-state index contributed by atoms with van der Waals surface area (Å²) >= 11 is 9.51. The molecule has 60 valence electrons. The molecule has 0 aromatic heterocycles. The number of rotatable bonds is 2. The van der Waals surface area contributed by atoms with Crippen LogP contribution in [0.2, 0.25) is 0 Å². The molecule has 0 rings (SSSR count). The third kappa shape index (κ3) is 2.60. The summed E-state index contributed by atoms with van der Waals surface area (Å²) in [5.74, 6) is 0. The highest BCUT2D eigenvalue weighted by atomic mass is 32.5. The zero-order valence-electron chi connectivity index (χ0n) is 6.07. The molecule has 3 nitrogen and oxygen atoms in total. The Hall–Kier alpha value is 0.460. The van der Waals surface area contributed by atoms with Gasteiger partial charge in [-0.05, 0) is 18.7 Å². The molecule has 0 aliphatic rings. The van der Waals surface area contributed by atoms with E-state index in [1.165, 1.54) is 11.8 Å². The molecule has 10 heavy (non-hydrogen) atoms. The van der Waals surface area contributed by atoms with Crippen molar-refractivity contribution in [2.45, 2.75) is 6.92 Å². The summed E-state index contributed by atoms with van der Waals surface area (Å²) < 4.78 is 6.08. The van der Waals surface area contributed by atoms with Crippen molar-refractivity contribution in [3.8, 4) is 0 Å². The molecule has 1 N–H and O–H groups in total. The predicted octanol–water partition coefficient (Wildman–Crippen LogP) is 1.13. The van der Waals surface area contributed by atoms with E-state index in [-0.39, 0.29) is 0 Å². The van der Waals surface area contributed by atoms with E-state index < -0.39 is 6.64 Å². The van der Waals surface area contributed by atoms with E-state index >= 15 is 0 Å². The van der Waals surface area contributed by atoms with Crippen LogP contribution in [0.4, 0.5) is 0 Å². The number of hydrogen-bond donors (Lipinski definition) is 1. The topological polar surface area (TPSA) is 32.7 Å². The van der Waals surface area contributed by atoms with Crippen molar-refractivity contribution < 1.29 is 9.42 Å². The predicted molar refractivity (Wildman–Crippen MR) is 49.5 cm³/mol. The van der Waals surface area contributed by atoms with Gasteiger partial charge in [0, 0.05) is 14.2 Å². The molecule has 0 bridgehead atoms. The largest absolute Gasteiger partial charge is 0.329 e. The minimum absolute atomic E-state index is 0.535. The molecular formula is C4H10NO2PS2. The van der Waals surface area contributed by atoms with Gasteiger partial charge in [-0.1, -0.05) is 12.2 Å². The second-order valence-corrected chi connectivity index (χ2v) is 5.68. The van der Waals surface area contributed by atoms with Gasteiger partial charge in [-0.2, -0.15) is 0 Å². The van der Waals surface area contributed by atoms with Crippen LogP contribution in [0.15, 0.2) is 0 Å². The zero-order valence-corrected chi connectivity index (χ0v) is 8.59. The Labute approximate surface area is 71.2 Å². The highest BCUT2D eigenvalue weighted by Gasteiger charge is 2.18. The number of thiocarbonyl (C=S) groups is 1. The lowest BCUT2D eigenvalue weighted by atomic mass is 10.8. The highest BCUT2D eigenvalue weighted by Crippen LogP contribution is 2.44. The summed E-state index contributed by atoms with van der Waals surface area (Å²) in [6.45, 7) is -1.11. The molecular weight excluding hydrogens is 189 g/mol. The number of nitrogens with zero attached hydrogens (tertiary/aromatic N) is 1. The minimum atomic E-state index is -2.80. The molecule has 0 spiro atoms. The van der Waals surface area contributed by atoms with Crippen molar-refractivity contribution in [2.75, 3.05) is 14.2 Å². The Morgan fingerprint density at radius 1 is 1.70 bits per heavy atom. The van der Waals surface area contributed by atoms with Gasteiger partial charge >= 0.3 is 0 Å². The van der Waals surface area contributed by atoms with Crippen LogP contribution in [-0.4, -0.2) is 28.7 Å². The standard InChI is InChI=1S/C4H10NO2PS2/c1-4(9)5(2)8(6,10)7-3/h1-3H3,(H,6,10). The first-order chi connectivity index (χ1) is 4.41. The summed E-state index contributed by atoms with van der Waals surface area (Å²) in [7, 11) is 2.99. The summed E-state index contributed by atoms with van der Waals surface area (Å²) in [6.07, 6.45) is 0. The van der Waals surface area contributed by atoms with E-state index in [4.69, 9.17) is 24.0 Å². The molecule has 0 saturated heterocycles. The summed E-state index contributed by atoms with van der Waals surface area (Å²) in [5, 5.41) is 0. The van der Waals surface area contributed by atoms with Gasteiger partial charge < -0.3 is 9.42 Å². The van der Waals surface area contributed by atoms with Crippen molar-refractivity contribution in [2.24, 2.45) is 0 Å². The van der Waals surface area contributed by atoms with E-state index in [1.54, 1.807) is 14.0 Å². The Bertz CT molecular complexity index is 184. The number of hydrogen-bond acceptors (Lipinski definition) is 3. The summed E-state index contributed by atoms with van der Waals surface area (Å²) in [5.41, 5.74) is 0. The molecule has 0 radical (unpaired) electrons. The van der Waals surface area contributed by atoms with E-state index in [1.807, 2.05) is 0 Å². The van der Waals surface area contributed by atoms with Gasteiger partial charge in [0.15, 0.2) is 0 Å². The zero-order chi connectivity index (χ0) is 8.36. The quantitative estimate of drug-likeness (QED) is 0.532. The fourth-order valence-electron chi connectivity index (χ4n) is 0.300. The fraction of sp³-hybridized carbons (Fsp3) is 0.750. The molecule has 0 aromatic carbocycles. The van der Waals surface area contributed by atoms with Crippen molar-refractivity contribution in [1.82, 2.24) is 4.67 Å². The second-order valence-electron chi connectivity index (χ2n) is 1.72. The van der Waals surface area contributed by atoms with Crippen molar-refractivity contribution in [3.63, 3.8) is 0 Å². The molecule has 0 aliphatic heterocycles. The summed E-state index contributed by atoms with van der Waals surface area (Å²) in [6, 6.07) is 0. The van der Waals surface area contributed by atoms with Crippen LogP contribution in [0.5, 0.6) is 0 Å². The monoisotopic (exact) mass is 199 g/mol. The maximum Gasteiger partial charge on any atom is 0.287 e. The lowest BCUT2D eigenvalue weighted by Crippen LogP contribution is -2.19. The molecule has 0 aliphatic carbocycles. The maximum atomic E-state index is 9.30. The first kappa shape index (κ1) is 10.5. The first-order valence-electron chi connectivity index (χ1n) is 2.55. The SMILES string of the molecule is COP(O)(=S)N(C)C(C)=S. The Morgan fingerprint density at radius 3 is 2.20 bits per heavy atom. The highest BCUT2D eigenvalue weighted by molar-refractivity contribution is 8.08. The maximum absolute atomic E-state index is 9.30. The van der Waals surface area contributed by atoms with Gasteiger partial charge in [-0.3, -0.25) is 4.67 Å². The lowest BCUT2D eigenvalue weighted by Gasteiger charge is -2.24. The second kappa shape index (κ2) is 3.74. The van der Waals surface area contributed by atoms with Gasteiger partial charge in [0.05, 0.1) is 4.99 Å². The molecule has 0 fully saturated rings. The van der Waals surface area contributed by atoms with E-state index in [0.29, 0.717) is 4.99 Å². The van der Waals surface area contributed by atoms with Crippen LogP contribution >= 0.6 is 18.9 Å². The molecule has 0 heterocycles. The minimum Gasteiger partial charge on any atom is -0.329 e. The summed E-state index contributed by atoms with van der Waals surface area (Å²) in [4.78, 5) is 9.84. The van der Waals surface area contributed by atoms with Crippen LogP contribution in [0, 0.1) is 0 Å². The average Bonchev–Trinajstić information content (AvgIpc) is 1.86. The van der Waals surface area contributed by atoms with Gasteiger partial charge in [-0.15, -0.1) is 0 Å². The Morgan fingerprint density at radius 2 is 2.10 bits per heavy atom. The van der Waals surface area contributed by atoms with E-state index in [9.17, 15) is 4.89 Å². The van der Waals surface area contributed by atoms with Gasteiger partial charge in [0.2, 0.25) is 0 Å².